The Kier molecular flexibility index (Phi) is 5.62. The molecule has 2 aromatic rings. The summed E-state index contributed by atoms with van der Waals surface area (Å²) in [6, 6.07) is 12.3. The Hall–Kier alpha value is -3.07. The van der Waals surface area contributed by atoms with Crippen molar-refractivity contribution in [3.8, 4) is 0 Å². The van der Waals surface area contributed by atoms with Crippen LogP contribution in [0, 0.1) is 0 Å². The van der Waals surface area contributed by atoms with Crippen LogP contribution in [0.1, 0.15) is 22.3 Å². The smallest absolute Gasteiger partial charge is 0.336 e. The molecule has 4 rings (SSSR count). The molecule has 2 aromatic carbocycles. The molecule has 31 heavy (non-hydrogen) atoms. The quantitative estimate of drug-likeness (QED) is 0.659. The Morgan fingerprint density at radius 3 is 2.55 bits per heavy atom. The number of hydrogen-bond acceptors (Lipinski definition) is 4. The Morgan fingerprint density at radius 1 is 1.06 bits per heavy atom. The Morgan fingerprint density at radius 2 is 1.81 bits per heavy atom. The molecule has 0 N–H and O–H groups in total. The number of benzene rings is 2. The molecule has 5 nitrogen and oxygen atoms in total. The van der Waals surface area contributed by atoms with E-state index in [1.54, 1.807) is 4.90 Å². The lowest BCUT2D eigenvalue weighted by molar-refractivity contribution is -0.137. The lowest BCUT2D eigenvalue weighted by Gasteiger charge is -2.29. The zero-order valence-corrected chi connectivity index (χ0v) is 17.0. The zero-order chi connectivity index (χ0) is 22.2. The van der Waals surface area contributed by atoms with Gasteiger partial charge in [-0.15, -0.1) is 0 Å². The van der Waals surface area contributed by atoms with Gasteiger partial charge in [-0.1, -0.05) is 36.4 Å². The van der Waals surface area contributed by atoms with Crippen molar-refractivity contribution in [1.29, 1.82) is 0 Å². The third-order valence-corrected chi connectivity index (χ3v) is 6.07. The average Bonchev–Trinajstić information content (AvgIpc) is 3.00. The molecule has 0 unspecified atom stereocenters. The molecule has 0 spiro atoms. The highest BCUT2D eigenvalue weighted by atomic mass is 32.2. The number of halogens is 3. The predicted octanol–water partition coefficient (Wildman–Crippen LogP) is 4.33. The van der Waals surface area contributed by atoms with Crippen molar-refractivity contribution in [3.05, 3.63) is 75.7 Å². The molecule has 2 heterocycles. The average molecular weight is 446 g/mol. The van der Waals surface area contributed by atoms with E-state index in [9.17, 15) is 27.6 Å². The summed E-state index contributed by atoms with van der Waals surface area (Å²) >= 11 is 0.614. The minimum absolute atomic E-state index is 0.0129. The summed E-state index contributed by atoms with van der Waals surface area (Å²) in [5, 5.41) is -0.617. The lowest BCUT2D eigenvalue weighted by Crippen LogP contribution is -2.44. The van der Waals surface area contributed by atoms with E-state index in [-0.39, 0.29) is 16.4 Å². The second-order valence-corrected chi connectivity index (χ2v) is 8.22. The van der Waals surface area contributed by atoms with E-state index in [2.05, 4.69) is 0 Å². The Balaban J connectivity index is 1.47. The fourth-order valence-corrected chi connectivity index (χ4v) is 4.37. The molecule has 1 saturated heterocycles. The Labute approximate surface area is 180 Å². The molecule has 9 heteroatoms. The summed E-state index contributed by atoms with van der Waals surface area (Å²) in [6.07, 6.45) is -2.58. The highest BCUT2D eigenvalue weighted by Crippen LogP contribution is 2.34. The van der Waals surface area contributed by atoms with Crippen LogP contribution in [0.25, 0.3) is 6.08 Å². The number of rotatable bonds is 3. The molecular formula is C22H17F3N2O3S. The molecule has 0 aliphatic carbocycles. The van der Waals surface area contributed by atoms with E-state index in [1.165, 1.54) is 23.8 Å². The molecule has 0 aromatic heterocycles. The largest absolute Gasteiger partial charge is 0.416 e. The molecular weight excluding hydrogens is 429 g/mol. The molecule has 0 atom stereocenters. The zero-order valence-electron chi connectivity index (χ0n) is 16.2. The number of carbonyl (C=O) groups is 3. The summed E-state index contributed by atoms with van der Waals surface area (Å²) in [6.45, 7) is 0.504. The van der Waals surface area contributed by atoms with Crippen molar-refractivity contribution < 1.29 is 27.6 Å². The predicted molar refractivity (Wildman–Crippen MR) is 110 cm³/mol. The van der Waals surface area contributed by atoms with Gasteiger partial charge in [-0.05, 0) is 53.1 Å². The maximum atomic E-state index is 12.9. The number of thioether (sulfide) groups is 1. The van der Waals surface area contributed by atoms with Gasteiger partial charge in [0.1, 0.15) is 6.54 Å². The first-order valence-corrected chi connectivity index (χ1v) is 10.3. The van der Waals surface area contributed by atoms with E-state index in [0.717, 1.165) is 22.6 Å². The van der Waals surface area contributed by atoms with Crippen LogP contribution < -0.4 is 0 Å². The second-order valence-electron chi connectivity index (χ2n) is 7.23. The van der Waals surface area contributed by atoms with E-state index < -0.39 is 29.4 Å². The van der Waals surface area contributed by atoms with Crippen LogP contribution in [-0.2, 0) is 28.7 Å². The van der Waals surface area contributed by atoms with Gasteiger partial charge in [0.2, 0.25) is 5.91 Å². The van der Waals surface area contributed by atoms with Gasteiger partial charge in [-0.25, -0.2) is 0 Å². The first-order valence-electron chi connectivity index (χ1n) is 9.49. The summed E-state index contributed by atoms with van der Waals surface area (Å²) in [4.78, 5) is 40.1. The first kappa shape index (κ1) is 21.2. The lowest BCUT2D eigenvalue weighted by atomic mass is 10.00. The van der Waals surface area contributed by atoms with Gasteiger partial charge in [0.05, 0.1) is 10.5 Å². The van der Waals surface area contributed by atoms with Crippen LogP contribution in [0.5, 0.6) is 0 Å². The van der Waals surface area contributed by atoms with E-state index >= 15 is 0 Å². The second kappa shape index (κ2) is 8.22. The van der Waals surface area contributed by atoms with E-state index in [1.807, 2.05) is 24.3 Å². The Bertz CT molecular complexity index is 1100. The van der Waals surface area contributed by atoms with Crippen LogP contribution in [0.4, 0.5) is 18.0 Å². The third-order valence-electron chi connectivity index (χ3n) is 5.16. The molecule has 0 bridgehead atoms. The summed E-state index contributed by atoms with van der Waals surface area (Å²) in [5.41, 5.74) is 1.50. The summed E-state index contributed by atoms with van der Waals surface area (Å²) in [7, 11) is 0. The minimum Gasteiger partial charge on any atom is -0.336 e. The van der Waals surface area contributed by atoms with Crippen molar-refractivity contribution in [2.24, 2.45) is 0 Å². The monoisotopic (exact) mass is 446 g/mol. The van der Waals surface area contributed by atoms with Gasteiger partial charge < -0.3 is 4.90 Å². The number of amides is 3. The van der Waals surface area contributed by atoms with Gasteiger partial charge in [0.15, 0.2) is 0 Å². The molecule has 2 aliphatic rings. The van der Waals surface area contributed by atoms with Crippen molar-refractivity contribution in [2.75, 3.05) is 13.1 Å². The number of carbonyl (C=O) groups excluding carboxylic acids is 3. The molecule has 2 aliphatic heterocycles. The van der Waals surface area contributed by atoms with E-state index in [0.29, 0.717) is 31.3 Å². The normalized spacial score (nSPS) is 18.0. The minimum atomic E-state index is -4.51. The fraction of sp³-hybridized carbons (Fsp3) is 0.227. The van der Waals surface area contributed by atoms with Crippen molar-refractivity contribution in [2.45, 2.75) is 19.1 Å². The van der Waals surface area contributed by atoms with Gasteiger partial charge >= 0.3 is 6.18 Å². The third kappa shape index (κ3) is 4.51. The molecule has 3 amide bonds. The van der Waals surface area contributed by atoms with Gasteiger partial charge in [0.25, 0.3) is 11.1 Å². The number of nitrogens with zero attached hydrogens (tertiary/aromatic N) is 2. The van der Waals surface area contributed by atoms with Crippen molar-refractivity contribution in [3.63, 3.8) is 0 Å². The maximum Gasteiger partial charge on any atom is 0.416 e. The first-order chi connectivity index (χ1) is 14.7. The van der Waals surface area contributed by atoms with Gasteiger partial charge in [-0.2, -0.15) is 13.2 Å². The highest BCUT2D eigenvalue weighted by molar-refractivity contribution is 8.18. The van der Waals surface area contributed by atoms with Crippen LogP contribution in [0.15, 0.2) is 53.4 Å². The maximum absolute atomic E-state index is 12.9. The van der Waals surface area contributed by atoms with Crippen LogP contribution in [0.2, 0.25) is 0 Å². The molecule has 1 fully saturated rings. The number of hydrogen-bond donors (Lipinski definition) is 0. The van der Waals surface area contributed by atoms with Crippen LogP contribution in [0.3, 0.4) is 0 Å². The van der Waals surface area contributed by atoms with E-state index in [4.69, 9.17) is 0 Å². The summed E-state index contributed by atoms with van der Waals surface area (Å²) in [5.74, 6) is -1.03. The van der Waals surface area contributed by atoms with Gasteiger partial charge in [-0.3, -0.25) is 19.3 Å². The van der Waals surface area contributed by atoms with Crippen LogP contribution in [-0.4, -0.2) is 39.9 Å². The number of imide groups is 1. The highest BCUT2D eigenvalue weighted by Gasteiger charge is 2.37. The summed E-state index contributed by atoms with van der Waals surface area (Å²) < 4.78 is 38.7. The fourth-order valence-electron chi connectivity index (χ4n) is 3.54. The molecule has 160 valence electrons. The topological polar surface area (TPSA) is 57.7 Å². The number of fused-ring (bicyclic) bond motifs is 1. The number of alkyl halides is 3. The van der Waals surface area contributed by atoms with Gasteiger partial charge in [0, 0.05) is 13.1 Å². The SMILES string of the molecule is O=C(CN1C(=O)S/C(=C/c2cccc(C(F)(F)F)c2)C1=O)N1CCc2ccccc2C1. The van der Waals surface area contributed by atoms with Crippen molar-refractivity contribution in [1.82, 2.24) is 9.80 Å². The van der Waals surface area contributed by atoms with Crippen molar-refractivity contribution >= 4 is 34.9 Å². The molecule has 0 radical (unpaired) electrons. The standard InChI is InChI=1S/C22H17F3N2O3S/c23-22(24,25)17-7-3-4-14(10-17)11-18-20(29)27(21(30)31-18)13-19(28)26-9-8-15-5-1-2-6-16(15)12-26/h1-7,10-11H,8-9,12-13H2/b18-11+. The molecule has 0 saturated carbocycles. The van der Waals surface area contributed by atoms with Crippen LogP contribution >= 0.6 is 11.8 Å².